The minimum atomic E-state index is -0.0181. The molecule has 19 heavy (non-hydrogen) atoms. The first-order valence-electron chi connectivity index (χ1n) is 6.04. The molecule has 0 aliphatic heterocycles. The molecule has 0 spiro atoms. The van der Waals surface area contributed by atoms with Gasteiger partial charge in [-0.2, -0.15) is 0 Å². The standard InChI is InChI=1S/C16H12ClNO/c1-10(19)12-7-6-11(8-15(12)17)14-9-18-16-5-3-2-4-13(14)16/h2-9,18H,1H3. The van der Waals surface area contributed by atoms with E-state index in [9.17, 15) is 4.79 Å². The van der Waals surface area contributed by atoms with Crippen molar-refractivity contribution in [2.75, 3.05) is 0 Å². The van der Waals surface area contributed by atoms with Crippen LogP contribution in [0.3, 0.4) is 0 Å². The maximum Gasteiger partial charge on any atom is 0.161 e. The van der Waals surface area contributed by atoms with Crippen LogP contribution in [0.4, 0.5) is 0 Å². The first-order chi connectivity index (χ1) is 9.16. The van der Waals surface area contributed by atoms with Crippen molar-refractivity contribution in [3.05, 3.63) is 59.2 Å². The molecule has 0 atom stereocenters. The summed E-state index contributed by atoms with van der Waals surface area (Å²) in [4.78, 5) is 14.6. The van der Waals surface area contributed by atoms with E-state index in [1.54, 1.807) is 6.07 Å². The molecule has 0 fully saturated rings. The highest BCUT2D eigenvalue weighted by Gasteiger charge is 2.10. The number of ketones is 1. The van der Waals surface area contributed by atoms with Gasteiger partial charge in [-0.15, -0.1) is 0 Å². The Kier molecular flexibility index (Phi) is 2.88. The molecule has 1 heterocycles. The van der Waals surface area contributed by atoms with E-state index >= 15 is 0 Å². The second kappa shape index (κ2) is 4.56. The lowest BCUT2D eigenvalue weighted by atomic mass is 10.0. The van der Waals surface area contributed by atoms with Crippen LogP contribution in [0.25, 0.3) is 22.0 Å². The maximum atomic E-state index is 11.4. The molecule has 3 rings (SSSR count). The summed E-state index contributed by atoms with van der Waals surface area (Å²) in [7, 11) is 0. The van der Waals surface area contributed by atoms with Crippen LogP contribution in [-0.4, -0.2) is 10.8 Å². The topological polar surface area (TPSA) is 32.9 Å². The van der Waals surface area contributed by atoms with Crippen molar-refractivity contribution < 1.29 is 4.79 Å². The molecule has 0 unspecified atom stereocenters. The van der Waals surface area contributed by atoms with Gasteiger partial charge in [0.2, 0.25) is 0 Å². The van der Waals surface area contributed by atoms with Crippen LogP contribution in [0.5, 0.6) is 0 Å². The van der Waals surface area contributed by atoms with E-state index in [0.717, 1.165) is 22.0 Å². The zero-order valence-corrected chi connectivity index (χ0v) is 11.2. The van der Waals surface area contributed by atoms with Crippen LogP contribution in [0.1, 0.15) is 17.3 Å². The van der Waals surface area contributed by atoms with Gasteiger partial charge < -0.3 is 4.98 Å². The van der Waals surface area contributed by atoms with Gasteiger partial charge in [0.1, 0.15) is 0 Å². The number of aromatic nitrogens is 1. The van der Waals surface area contributed by atoms with Gasteiger partial charge in [0.05, 0.1) is 5.02 Å². The predicted octanol–water partition coefficient (Wildman–Crippen LogP) is 4.69. The van der Waals surface area contributed by atoms with Crippen molar-refractivity contribution >= 4 is 28.3 Å². The predicted molar refractivity (Wildman–Crippen MR) is 78.7 cm³/mol. The summed E-state index contributed by atoms with van der Waals surface area (Å²) in [5, 5.41) is 1.64. The molecule has 2 aromatic carbocycles. The summed E-state index contributed by atoms with van der Waals surface area (Å²) in [6, 6.07) is 13.6. The number of carbonyl (C=O) groups is 1. The van der Waals surface area contributed by atoms with E-state index in [2.05, 4.69) is 11.1 Å². The Morgan fingerprint density at radius 1 is 1.16 bits per heavy atom. The van der Waals surface area contributed by atoms with Crippen LogP contribution in [0.2, 0.25) is 5.02 Å². The third-order valence-corrected chi connectivity index (χ3v) is 3.56. The number of aromatic amines is 1. The zero-order chi connectivity index (χ0) is 13.4. The second-order valence-electron chi connectivity index (χ2n) is 4.50. The fraction of sp³-hybridized carbons (Fsp3) is 0.0625. The number of hydrogen-bond donors (Lipinski definition) is 1. The molecule has 0 saturated heterocycles. The lowest BCUT2D eigenvalue weighted by Gasteiger charge is -2.04. The first-order valence-corrected chi connectivity index (χ1v) is 6.41. The molecule has 1 N–H and O–H groups in total. The van der Waals surface area contributed by atoms with Gasteiger partial charge in [-0.3, -0.25) is 4.79 Å². The van der Waals surface area contributed by atoms with Crippen molar-refractivity contribution in [2.45, 2.75) is 6.92 Å². The van der Waals surface area contributed by atoms with Crippen molar-refractivity contribution in [2.24, 2.45) is 0 Å². The highest BCUT2D eigenvalue weighted by molar-refractivity contribution is 6.34. The number of Topliss-reactive ketones (excluding diaryl/α,β-unsaturated/α-hetero) is 1. The number of rotatable bonds is 2. The summed E-state index contributed by atoms with van der Waals surface area (Å²) in [6.45, 7) is 1.52. The lowest BCUT2D eigenvalue weighted by Crippen LogP contribution is -1.93. The summed E-state index contributed by atoms with van der Waals surface area (Å²) in [6.07, 6.45) is 1.96. The number of H-pyrrole nitrogens is 1. The van der Waals surface area contributed by atoms with Gasteiger partial charge in [-0.25, -0.2) is 0 Å². The van der Waals surface area contributed by atoms with E-state index in [0.29, 0.717) is 10.6 Å². The normalized spacial score (nSPS) is 10.8. The van der Waals surface area contributed by atoms with Crippen molar-refractivity contribution in [1.82, 2.24) is 4.98 Å². The van der Waals surface area contributed by atoms with E-state index in [4.69, 9.17) is 11.6 Å². The average molecular weight is 270 g/mol. The van der Waals surface area contributed by atoms with E-state index < -0.39 is 0 Å². The SMILES string of the molecule is CC(=O)c1ccc(-c2c[nH]c3ccccc23)cc1Cl. The van der Waals surface area contributed by atoms with Crippen LogP contribution in [0.15, 0.2) is 48.7 Å². The fourth-order valence-corrected chi connectivity index (χ4v) is 2.59. The lowest BCUT2D eigenvalue weighted by molar-refractivity contribution is 0.101. The van der Waals surface area contributed by atoms with E-state index in [1.165, 1.54) is 6.92 Å². The number of carbonyl (C=O) groups excluding carboxylic acids is 1. The zero-order valence-electron chi connectivity index (χ0n) is 10.4. The Hall–Kier alpha value is -2.06. The second-order valence-corrected chi connectivity index (χ2v) is 4.91. The van der Waals surface area contributed by atoms with Gasteiger partial charge in [-0.1, -0.05) is 35.9 Å². The van der Waals surface area contributed by atoms with Crippen molar-refractivity contribution in [1.29, 1.82) is 0 Å². The molecule has 0 bridgehead atoms. The quantitative estimate of drug-likeness (QED) is 0.673. The Morgan fingerprint density at radius 2 is 1.95 bits per heavy atom. The molecular weight excluding hydrogens is 258 g/mol. The molecule has 3 aromatic rings. The number of benzene rings is 2. The van der Waals surface area contributed by atoms with Gasteiger partial charge >= 0.3 is 0 Å². The Morgan fingerprint density at radius 3 is 2.68 bits per heavy atom. The molecule has 2 nitrogen and oxygen atoms in total. The Bertz CT molecular complexity index is 773. The number of para-hydroxylation sites is 1. The van der Waals surface area contributed by atoms with Crippen LogP contribution in [0, 0.1) is 0 Å². The van der Waals surface area contributed by atoms with Gasteiger partial charge in [0, 0.05) is 28.2 Å². The van der Waals surface area contributed by atoms with Gasteiger partial charge in [0.25, 0.3) is 0 Å². The fourth-order valence-electron chi connectivity index (χ4n) is 2.28. The summed E-state index contributed by atoms with van der Waals surface area (Å²) >= 11 is 6.16. The Balaban J connectivity index is 2.17. The largest absolute Gasteiger partial charge is 0.361 e. The van der Waals surface area contributed by atoms with Crippen LogP contribution < -0.4 is 0 Å². The van der Waals surface area contributed by atoms with Crippen molar-refractivity contribution in [3.8, 4) is 11.1 Å². The van der Waals surface area contributed by atoms with Gasteiger partial charge in [0.15, 0.2) is 5.78 Å². The summed E-state index contributed by atoms with van der Waals surface area (Å²) in [5.41, 5.74) is 3.74. The molecular formula is C16H12ClNO. The highest BCUT2D eigenvalue weighted by atomic mass is 35.5. The highest BCUT2D eigenvalue weighted by Crippen LogP contribution is 2.31. The van der Waals surface area contributed by atoms with E-state index in [-0.39, 0.29) is 5.78 Å². The van der Waals surface area contributed by atoms with Crippen LogP contribution >= 0.6 is 11.6 Å². The minimum absolute atomic E-state index is 0.0181. The van der Waals surface area contributed by atoms with Crippen LogP contribution in [-0.2, 0) is 0 Å². The van der Waals surface area contributed by atoms with Gasteiger partial charge in [-0.05, 0) is 30.7 Å². The molecule has 0 amide bonds. The number of halogens is 1. The molecule has 1 aromatic heterocycles. The minimum Gasteiger partial charge on any atom is -0.361 e. The summed E-state index contributed by atoms with van der Waals surface area (Å²) < 4.78 is 0. The third kappa shape index (κ3) is 2.04. The molecule has 0 aliphatic carbocycles. The molecule has 0 saturated carbocycles. The molecule has 0 radical (unpaired) electrons. The monoisotopic (exact) mass is 269 g/mol. The summed E-state index contributed by atoms with van der Waals surface area (Å²) in [5.74, 6) is -0.0181. The smallest absolute Gasteiger partial charge is 0.161 e. The number of fused-ring (bicyclic) bond motifs is 1. The Labute approximate surface area is 116 Å². The molecule has 0 aliphatic rings. The molecule has 94 valence electrons. The average Bonchev–Trinajstić information content (AvgIpc) is 2.82. The number of nitrogens with one attached hydrogen (secondary N) is 1. The van der Waals surface area contributed by atoms with Crippen molar-refractivity contribution in [3.63, 3.8) is 0 Å². The first kappa shape index (κ1) is 12.0. The third-order valence-electron chi connectivity index (χ3n) is 3.25. The molecule has 3 heteroatoms. The maximum absolute atomic E-state index is 11.4. The number of hydrogen-bond acceptors (Lipinski definition) is 1. The van der Waals surface area contributed by atoms with E-state index in [1.807, 2.05) is 36.5 Å².